The number of pyridine rings is 2. The fraction of sp³-hybridized carbons (Fsp3) is 0.355. The van der Waals surface area contributed by atoms with Gasteiger partial charge in [-0.1, -0.05) is 43.6 Å². The van der Waals surface area contributed by atoms with Gasteiger partial charge < -0.3 is 15.2 Å². The van der Waals surface area contributed by atoms with E-state index in [1.165, 1.54) is 18.4 Å². The van der Waals surface area contributed by atoms with Gasteiger partial charge in [-0.25, -0.2) is 15.0 Å². The van der Waals surface area contributed by atoms with Crippen LogP contribution < -0.4 is 10.2 Å². The van der Waals surface area contributed by atoms with Crippen LogP contribution in [0.15, 0.2) is 55.0 Å². The minimum atomic E-state index is 0.103. The van der Waals surface area contributed by atoms with E-state index in [-0.39, 0.29) is 5.41 Å². The highest BCUT2D eigenvalue weighted by atomic mass is 35.5. The van der Waals surface area contributed by atoms with Gasteiger partial charge in [0.25, 0.3) is 0 Å². The molecule has 1 aliphatic heterocycles. The molecule has 2 aliphatic rings. The summed E-state index contributed by atoms with van der Waals surface area (Å²) in [5.74, 6) is 2.22. The molecule has 2 N–H and O–H groups in total. The molecular formula is C31H32ClN7. The Bertz CT molecular complexity index is 1700. The number of hydrogen-bond acceptors (Lipinski definition) is 6. The van der Waals surface area contributed by atoms with Crippen molar-refractivity contribution in [3.63, 3.8) is 0 Å². The van der Waals surface area contributed by atoms with Crippen LogP contribution in [-0.4, -0.2) is 51.1 Å². The maximum absolute atomic E-state index is 6.52. The summed E-state index contributed by atoms with van der Waals surface area (Å²) in [6.45, 7) is 6.67. The molecule has 1 atom stereocenters. The molecule has 0 spiro atoms. The second kappa shape index (κ2) is 9.28. The number of piperidine rings is 1. The molecule has 1 aromatic carbocycles. The molecular weight excluding hydrogens is 506 g/mol. The second-order valence-electron chi connectivity index (χ2n) is 11.6. The monoisotopic (exact) mass is 537 g/mol. The number of nitrogens with zero attached hydrogens (tertiary/aromatic N) is 5. The molecule has 39 heavy (non-hydrogen) atoms. The molecule has 5 aromatic rings. The van der Waals surface area contributed by atoms with Crippen LogP contribution in [0.2, 0.25) is 5.02 Å². The van der Waals surface area contributed by atoms with Gasteiger partial charge in [0, 0.05) is 64.6 Å². The Morgan fingerprint density at radius 2 is 1.87 bits per heavy atom. The van der Waals surface area contributed by atoms with Crippen LogP contribution in [0.1, 0.15) is 44.6 Å². The number of fused-ring (bicyclic) bond motifs is 2. The topological polar surface area (TPSA) is 82.6 Å². The van der Waals surface area contributed by atoms with Gasteiger partial charge in [-0.2, -0.15) is 0 Å². The molecule has 1 saturated heterocycles. The SMILES string of the molecule is CN(c1nc(-c2ccnc3[nH]c(-c4ccccc4Cl)cc23)nc2cncc(C3CC3)c12)C1CCNCC1(C)C. The number of nitrogens with one attached hydrogen (secondary N) is 2. The van der Waals surface area contributed by atoms with Crippen LogP contribution in [0.4, 0.5) is 5.82 Å². The molecule has 198 valence electrons. The Hall–Kier alpha value is -3.55. The highest BCUT2D eigenvalue weighted by Gasteiger charge is 2.37. The summed E-state index contributed by atoms with van der Waals surface area (Å²) in [6, 6.07) is 12.3. The molecule has 8 heteroatoms. The number of aromatic nitrogens is 5. The first kappa shape index (κ1) is 24.5. The Labute approximate surface area is 233 Å². The average molecular weight is 538 g/mol. The van der Waals surface area contributed by atoms with Crippen molar-refractivity contribution >= 4 is 39.4 Å². The van der Waals surface area contributed by atoms with Crippen LogP contribution in [0.3, 0.4) is 0 Å². The van der Waals surface area contributed by atoms with Crippen molar-refractivity contribution in [2.75, 3.05) is 25.0 Å². The van der Waals surface area contributed by atoms with E-state index in [1.807, 2.05) is 48.9 Å². The van der Waals surface area contributed by atoms with E-state index < -0.39 is 0 Å². The van der Waals surface area contributed by atoms with Crippen LogP contribution in [0, 0.1) is 5.41 Å². The van der Waals surface area contributed by atoms with Gasteiger partial charge in [0.05, 0.1) is 11.7 Å². The predicted molar refractivity (Wildman–Crippen MR) is 158 cm³/mol. The van der Waals surface area contributed by atoms with Gasteiger partial charge in [0.1, 0.15) is 11.5 Å². The summed E-state index contributed by atoms with van der Waals surface area (Å²) in [5.41, 5.74) is 5.85. The standard InChI is InChI=1S/C31H32ClN7/c1-31(2)17-33-12-11-26(31)39(3)30-27-22(18-8-9-18)15-34-16-25(27)37-29(38-30)19-10-13-35-28-21(19)14-24(36-28)20-6-4-5-7-23(20)32/h4-7,10,13-16,18,26,33H,8-9,11-12,17H2,1-3H3,(H,35,36). The quantitative estimate of drug-likeness (QED) is 0.263. The number of H-pyrrole nitrogens is 1. The number of halogens is 1. The number of benzene rings is 1. The minimum Gasteiger partial charge on any atom is -0.355 e. The molecule has 7 rings (SSSR count). The highest BCUT2D eigenvalue weighted by molar-refractivity contribution is 6.33. The molecule has 7 nitrogen and oxygen atoms in total. The second-order valence-corrected chi connectivity index (χ2v) is 12.0. The lowest BCUT2D eigenvalue weighted by Gasteiger charge is -2.45. The Morgan fingerprint density at radius 3 is 2.67 bits per heavy atom. The van der Waals surface area contributed by atoms with Gasteiger partial charge in [-0.15, -0.1) is 0 Å². The first-order chi connectivity index (χ1) is 18.9. The van der Waals surface area contributed by atoms with Gasteiger partial charge >= 0.3 is 0 Å². The van der Waals surface area contributed by atoms with E-state index in [4.69, 9.17) is 21.6 Å². The van der Waals surface area contributed by atoms with Crippen molar-refractivity contribution in [2.24, 2.45) is 5.41 Å². The number of aromatic amines is 1. The average Bonchev–Trinajstić information content (AvgIpc) is 3.69. The number of hydrogen-bond donors (Lipinski definition) is 2. The van der Waals surface area contributed by atoms with Crippen molar-refractivity contribution in [1.82, 2.24) is 30.2 Å². The van der Waals surface area contributed by atoms with E-state index in [0.717, 1.165) is 64.1 Å². The van der Waals surface area contributed by atoms with Crippen LogP contribution in [-0.2, 0) is 0 Å². The first-order valence-electron chi connectivity index (χ1n) is 13.7. The van der Waals surface area contributed by atoms with Gasteiger partial charge in [-0.05, 0) is 60.9 Å². The smallest absolute Gasteiger partial charge is 0.163 e. The molecule has 5 heterocycles. The van der Waals surface area contributed by atoms with Gasteiger partial charge in [0.15, 0.2) is 5.82 Å². The maximum Gasteiger partial charge on any atom is 0.163 e. The zero-order valence-corrected chi connectivity index (χ0v) is 23.3. The van der Waals surface area contributed by atoms with E-state index in [1.54, 1.807) is 0 Å². The fourth-order valence-electron chi connectivity index (χ4n) is 6.24. The lowest BCUT2D eigenvalue weighted by molar-refractivity contribution is 0.215. The Morgan fingerprint density at radius 1 is 1.03 bits per heavy atom. The van der Waals surface area contributed by atoms with Crippen LogP contribution >= 0.6 is 11.6 Å². The largest absolute Gasteiger partial charge is 0.355 e. The molecule has 0 amide bonds. The summed E-state index contributed by atoms with van der Waals surface area (Å²) in [7, 11) is 2.20. The maximum atomic E-state index is 6.52. The third-order valence-corrected chi connectivity index (χ3v) is 8.78. The van der Waals surface area contributed by atoms with Gasteiger partial charge in [-0.3, -0.25) is 4.98 Å². The Balaban J connectivity index is 1.43. The first-order valence-corrected chi connectivity index (χ1v) is 14.1. The van der Waals surface area contributed by atoms with Crippen molar-refractivity contribution < 1.29 is 0 Å². The summed E-state index contributed by atoms with van der Waals surface area (Å²) < 4.78 is 0. The summed E-state index contributed by atoms with van der Waals surface area (Å²) in [4.78, 5) is 25.5. The van der Waals surface area contributed by atoms with Gasteiger partial charge in [0.2, 0.25) is 0 Å². The zero-order chi connectivity index (χ0) is 26.7. The van der Waals surface area contributed by atoms with Crippen molar-refractivity contribution in [2.45, 2.75) is 45.1 Å². The third kappa shape index (κ3) is 4.24. The van der Waals surface area contributed by atoms with E-state index in [2.05, 4.69) is 52.1 Å². The third-order valence-electron chi connectivity index (χ3n) is 8.45. The molecule has 2 fully saturated rings. The summed E-state index contributed by atoms with van der Waals surface area (Å²) in [6.07, 6.45) is 9.19. The predicted octanol–water partition coefficient (Wildman–Crippen LogP) is 6.59. The summed E-state index contributed by atoms with van der Waals surface area (Å²) in [5, 5.41) is 6.38. The molecule has 1 saturated carbocycles. The molecule has 4 aromatic heterocycles. The van der Waals surface area contributed by atoms with E-state index >= 15 is 0 Å². The van der Waals surface area contributed by atoms with Crippen molar-refractivity contribution in [3.8, 4) is 22.6 Å². The summed E-state index contributed by atoms with van der Waals surface area (Å²) >= 11 is 6.52. The molecule has 0 radical (unpaired) electrons. The van der Waals surface area contributed by atoms with Crippen LogP contribution in [0.5, 0.6) is 0 Å². The lowest BCUT2D eigenvalue weighted by atomic mass is 9.79. The highest BCUT2D eigenvalue weighted by Crippen LogP contribution is 2.46. The molecule has 0 bridgehead atoms. The number of anilines is 1. The van der Waals surface area contributed by atoms with E-state index in [9.17, 15) is 0 Å². The normalized spacial score (nSPS) is 19.0. The van der Waals surface area contributed by atoms with Crippen molar-refractivity contribution in [1.29, 1.82) is 0 Å². The molecule has 1 aliphatic carbocycles. The molecule has 1 unspecified atom stereocenters. The lowest BCUT2D eigenvalue weighted by Crippen LogP contribution is -2.53. The zero-order valence-electron chi connectivity index (χ0n) is 22.5. The van der Waals surface area contributed by atoms with Crippen LogP contribution in [0.25, 0.3) is 44.6 Å². The minimum absolute atomic E-state index is 0.103. The number of rotatable bonds is 5. The van der Waals surface area contributed by atoms with E-state index in [0.29, 0.717) is 22.8 Å². The van der Waals surface area contributed by atoms with Crippen molar-refractivity contribution in [3.05, 3.63) is 65.6 Å². The fourth-order valence-corrected chi connectivity index (χ4v) is 6.48. The Kier molecular flexibility index (Phi) is 5.83.